The van der Waals surface area contributed by atoms with Gasteiger partial charge in [0, 0.05) is 30.1 Å². The molecule has 8 nitrogen and oxygen atoms in total. The highest BCUT2D eigenvalue weighted by molar-refractivity contribution is 5.85. The molecule has 0 aliphatic carbocycles. The topological polar surface area (TPSA) is 97.7 Å². The molecular formula is C24H29ClN6O2. The van der Waals surface area contributed by atoms with Gasteiger partial charge in [-0.05, 0) is 63.4 Å². The largest absolute Gasteiger partial charge is 0.497 e. The Labute approximate surface area is 198 Å². The summed E-state index contributed by atoms with van der Waals surface area (Å²) in [5.41, 5.74) is 3.12. The molecule has 2 N–H and O–H groups in total. The molecule has 3 atom stereocenters. The van der Waals surface area contributed by atoms with Crippen LogP contribution in [0, 0.1) is 6.92 Å². The third kappa shape index (κ3) is 4.45. The lowest BCUT2D eigenvalue weighted by molar-refractivity contribution is 0.253. The molecule has 1 aliphatic rings. The second-order valence-electron chi connectivity index (χ2n) is 8.91. The van der Waals surface area contributed by atoms with Gasteiger partial charge in [0.2, 0.25) is 0 Å². The van der Waals surface area contributed by atoms with Crippen molar-refractivity contribution in [3.8, 4) is 5.75 Å². The Bertz CT molecular complexity index is 1350. The van der Waals surface area contributed by atoms with Gasteiger partial charge in [0.05, 0.1) is 24.4 Å². The van der Waals surface area contributed by atoms with Crippen LogP contribution in [-0.2, 0) is 6.42 Å². The molecule has 0 amide bonds. The van der Waals surface area contributed by atoms with Crippen molar-refractivity contribution in [2.24, 2.45) is 0 Å². The highest BCUT2D eigenvalue weighted by Crippen LogP contribution is 2.28. The first-order valence-electron chi connectivity index (χ1n) is 11.1. The van der Waals surface area contributed by atoms with E-state index in [2.05, 4.69) is 35.2 Å². The van der Waals surface area contributed by atoms with E-state index in [0.29, 0.717) is 35.4 Å². The summed E-state index contributed by atoms with van der Waals surface area (Å²) in [7, 11) is 1.65. The summed E-state index contributed by atoms with van der Waals surface area (Å²) in [5, 5.41) is 9.87. The van der Waals surface area contributed by atoms with Gasteiger partial charge in [0.25, 0.3) is 5.56 Å². The molecule has 0 radical (unpaired) electrons. The van der Waals surface area contributed by atoms with Crippen molar-refractivity contribution in [2.45, 2.75) is 58.2 Å². The maximum Gasteiger partial charge on any atom is 0.262 e. The summed E-state index contributed by atoms with van der Waals surface area (Å²) in [6.45, 7) is 6.26. The van der Waals surface area contributed by atoms with Gasteiger partial charge in [-0.1, -0.05) is 0 Å². The number of methoxy groups -OCH3 is 1. The van der Waals surface area contributed by atoms with Crippen LogP contribution in [0.25, 0.3) is 21.9 Å². The van der Waals surface area contributed by atoms with Crippen molar-refractivity contribution >= 4 is 34.3 Å². The summed E-state index contributed by atoms with van der Waals surface area (Å²) in [6.07, 6.45) is 4.23. The van der Waals surface area contributed by atoms with E-state index in [-0.39, 0.29) is 24.0 Å². The van der Waals surface area contributed by atoms with Gasteiger partial charge in [-0.15, -0.1) is 12.4 Å². The van der Waals surface area contributed by atoms with Crippen LogP contribution < -0.4 is 15.6 Å². The number of halogens is 1. The monoisotopic (exact) mass is 468 g/mol. The molecule has 0 bridgehead atoms. The Balaban J connectivity index is 0.00000259. The Hall–Kier alpha value is -2.97. The van der Waals surface area contributed by atoms with Crippen molar-refractivity contribution in [3.05, 3.63) is 57.9 Å². The molecule has 33 heavy (non-hydrogen) atoms. The van der Waals surface area contributed by atoms with E-state index in [1.165, 1.54) is 0 Å². The normalized spacial score (nSPS) is 20.7. The number of aromatic nitrogens is 5. The van der Waals surface area contributed by atoms with E-state index in [0.717, 1.165) is 40.8 Å². The van der Waals surface area contributed by atoms with Gasteiger partial charge >= 0.3 is 0 Å². The fraction of sp³-hybridized carbons (Fsp3) is 0.417. The number of ether oxygens (including phenoxy) is 1. The number of piperidine rings is 1. The summed E-state index contributed by atoms with van der Waals surface area (Å²) in [6, 6.07) is 8.86. The average molecular weight is 469 g/mol. The third-order valence-electron chi connectivity index (χ3n) is 6.27. The number of hydrogen-bond acceptors (Lipinski definition) is 6. The Morgan fingerprint density at radius 3 is 2.67 bits per heavy atom. The summed E-state index contributed by atoms with van der Waals surface area (Å²) < 4.78 is 7.30. The number of aryl methyl sites for hydroxylation is 1. The maximum absolute atomic E-state index is 12.9. The van der Waals surface area contributed by atoms with E-state index >= 15 is 0 Å². The highest BCUT2D eigenvalue weighted by Gasteiger charge is 2.28. The number of pyridine rings is 1. The number of rotatable bonds is 4. The van der Waals surface area contributed by atoms with Gasteiger partial charge in [-0.25, -0.2) is 9.67 Å². The minimum Gasteiger partial charge on any atom is -0.497 e. The molecule has 9 heteroatoms. The summed E-state index contributed by atoms with van der Waals surface area (Å²) >= 11 is 0. The van der Waals surface area contributed by atoms with Crippen molar-refractivity contribution in [3.63, 3.8) is 0 Å². The molecule has 1 fully saturated rings. The Morgan fingerprint density at radius 2 is 1.94 bits per heavy atom. The number of hydrogen-bond donors (Lipinski definition) is 2. The zero-order valence-corrected chi connectivity index (χ0v) is 20.1. The molecule has 5 rings (SSSR count). The molecule has 3 aromatic heterocycles. The molecule has 4 heterocycles. The smallest absolute Gasteiger partial charge is 0.262 e. The first-order chi connectivity index (χ1) is 15.4. The maximum atomic E-state index is 12.9. The van der Waals surface area contributed by atoms with Gasteiger partial charge in [0.1, 0.15) is 17.0 Å². The van der Waals surface area contributed by atoms with Crippen LogP contribution in [0.2, 0.25) is 0 Å². The van der Waals surface area contributed by atoms with Crippen LogP contribution in [0.5, 0.6) is 5.75 Å². The van der Waals surface area contributed by atoms with Crippen LogP contribution in [0.1, 0.15) is 49.8 Å². The van der Waals surface area contributed by atoms with Gasteiger partial charge in [0.15, 0.2) is 5.65 Å². The first-order valence-corrected chi connectivity index (χ1v) is 11.1. The lowest BCUT2D eigenvalue weighted by Gasteiger charge is -2.33. The standard InChI is InChI=1S/C24H28N6O2.ClH/c1-13-7-18(8-14(2)26-13)30-23-22(15(3)29-30)24(31)28-21(27-23)10-16-9-17-11-19(32-4)5-6-20(17)25-12-16;/h5-6,9,11-14,18,26H,7-8,10H2,1-4H3,(H,27,28,31);1H/t13-,14+,18?;. The van der Waals surface area contributed by atoms with Gasteiger partial charge < -0.3 is 15.0 Å². The minimum atomic E-state index is -0.140. The molecule has 1 aromatic carbocycles. The predicted molar refractivity (Wildman–Crippen MR) is 132 cm³/mol. The Morgan fingerprint density at radius 1 is 1.18 bits per heavy atom. The lowest BCUT2D eigenvalue weighted by Crippen LogP contribution is -2.43. The van der Waals surface area contributed by atoms with Crippen LogP contribution in [0.15, 0.2) is 35.3 Å². The zero-order chi connectivity index (χ0) is 22.4. The summed E-state index contributed by atoms with van der Waals surface area (Å²) in [5.74, 6) is 1.40. The van der Waals surface area contributed by atoms with Crippen LogP contribution in [0.3, 0.4) is 0 Å². The van der Waals surface area contributed by atoms with E-state index in [9.17, 15) is 4.79 Å². The number of fused-ring (bicyclic) bond motifs is 2. The fourth-order valence-electron chi connectivity index (χ4n) is 4.90. The van der Waals surface area contributed by atoms with Crippen LogP contribution >= 0.6 is 12.4 Å². The van der Waals surface area contributed by atoms with E-state index < -0.39 is 0 Å². The zero-order valence-electron chi connectivity index (χ0n) is 19.3. The lowest BCUT2D eigenvalue weighted by atomic mass is 9.95. The average Bonchev–Trinajstić information content (AvgIpc) is 3.09. The number of nitrogens with one attached hydrogen (secondary N) is 2. The molecule has 1 saturated heterocycles. The third-order valence-corrected chi connectivity index (χ3v) is 6.27. The molecular weight excluding hydrogens is 440 g/mol. The molecule has 174 valence electrons. The van der Waals surface area contributed by atoms with E-state index in [1.54, 1.807) is 7.11 Å². The molecule has 1 aliphatic heterocycles. The number of benzene rings is 1. The molecule has 0 spiro atoms. The number of H-pyrrole nitrogens is 1. The van der Waals surface area contributed by atoms with Crippen molar-refractivity contribution in [1.29, 1.82) is 0 Å². The second-order valence-corrected chi connectivity index (χ2v) is 8.91. The van der Waals surface area contributed by atoms with Gasteiger partial charge in [-0.3, -0.25) is 9.78 Å². The predicted octanol–water partition coefficient (Wildman–Crippen LogP) is 3.70. The van der Waals surface area contributed by atoms with Crippen LogP contribution in [-0.4, -0.2) is 43.9 Å². The SMILES string of the molecule is COc1ccc2ncc(Cc3nc4c(c(C)nn4C4C[C@@H](C)N[C@@H](C)C4)c(=O)[nH]3)cc2c1.Cl. The quantitative estimate of drug-likeness (QED) is 0.474. The van der Waals surface area contributed by atoms with Gasteiger partial charge in [-0.2, -0.15) is 5.10 Å². The van der Waals surface area contributed by atoms with Crippen molar-refractivity contribution in [1.82, 2.24) is 30.0 Å². The number of nitrogens with zero attached hydrogens (tertiary/aromatic N) is 4. The van der Waals surface area contributed by atoms with E-state index in [4.69, 9.17) is 14.8 Å². The fourth-order valence-corrected chi connectivity index (χ4v) is 4.90. The number of aromatic amines is 1. The minimum absolute atomic E-state index is 0. The second kappa shape index (κ2) is 9.11. The molecule has 4 aromatic rings. The molecule has 0 saturated carbocycles. The Kier molecular flexibility index (Phi) is 6.41. The summed E-state index contributed by atoms with van der Waals surface area (Å²) in [4.78, 5) is 25.3. The van der Waals surface area contributed by atoms with Crippen LogP contribution in [0.4, 0.5) is 0 Å². The highest BCUT2D eigenvalue weighted by atomic mass is 35.5. The van der Waals surface area contributed by atoms with Crippen molar-refractivity contribution in [2.75, 3.05) is 7.11 Å². The molecule has 1 unspecified atom stereocenters. The first kappa shape index (κ1) is 23.2. The van der Waals surface area contributed by atoms with Crippen molar-refractivity contribution < 1.29 is 4.74 Å². The van der Waals surface area contributed by atoms with E-state index in [1.807, 2.05) is 36.0 Å².